The molecule has 0 saturated carbocycles. The summed E-state index contributed by atoms with van der Waals surface area (Å²) in [6.45, 7) is 5.92. The molecular formula is C15H21NO3. The Morgan fingerprint density at radius 3 is 2.47 bits per heavy atom. The van der Waals surface area contributed by atoms with Crippen LogP contribution in [0.2, 0.25) is 0 Å². The minimum absolute atomic E-state index is 0.0675. The van der Waals surface area contributed by atoms with Crippen LogP contribution in [0.3, 0.4) is 0 Å². The van der Waals surface area contributed by atoms with Crippen molar-refractivity contribution in [2.45, 2.75) is 32.6 Å². The average Bonchev–Trinajstić information content (AvgIpc) is 2.36. The Bertz CT molecular complexity index is 466. The van der Waals surface area contributed by atoms with Gasteiger partial charge in [-0.25, -0.2) is 0 Å². The van der Waals surface area contributed by atoms with E-state index in [1.807, 2.05) is 38.1 Å². The highest BCUT2D eigenvalue weighted by molar-refractivity contribution is 5.96. The first-order valence-electron chi connectivity index (χ1n) is 6.26. The molecule has 1 N–H and O–H groups in total. The lowest BCUT2D eigenvalue weighted by Gasteiger charge is -2.27. The van der Waals surface area contributed by atoms with Crippen LogP contribution in [0.4, 0.5) is 0 Å². The molecule has 0 heterocycles. The molecule has 1 aromatic carbocycles. The number of ether oxygens (including phenoxy) is 1. The lowest BCUT2D eigenvalue weighted by Crippen LogP contribution is -2.37. The van der Waals surface area contributed by atoms with Gasteiger partial charge in [-0.15, -0.1) is 0 Å². The first-order chi connectivity index (χ1) is 8.86. The van der Waals surface area contributed by atoms with Gasteiger partial charge in [0.25, 0.3) is 0 Å². The maximum atomic E-state index is 11.5. The number of Topliss-reactive ketones (excluding diaryl/α,β-unsaturated/α-hetero) is 1. The number of carbonyl (C=O) groups is 2. The summed E-state index contributed by atoms with van der Waals surface area (Å²) in [5.74, 6) is 0.427. The normalized spacial score (nSPS) is 10.9. The van der Waals surface area contributed by atoms with Crippen molar-refractivity contribution < 1.29 is 14.3 Å². The summed E-state index contributed by atoms with van der Waals surface area (Å²) in [6.07, 6.45) is -0.0675. The van der Waals surface area contributed by atoms with E-state index in [1.165, 1.54) is 6.92 Å². The molecule has 0 saturated heterocycles. The van der Waals surface area contributed by atoms with Gasteiger partial charge < -0.3 is 10.1 Å². The van der Waals surface area contributed by atoms with Gasteiger partial charge in [-0.3, -0.25) is 9.59 Å². The number of hydrogen-bond donors (Lipinski definition) is 1. The Kier molecular flexibility index (Phi) is 5.10. The summed E-state index contributed by atoms with van der Waals surface area (Å²) >= 11 is 0. The Morgan fingerprint density at radius 1 is 1.26 bits per heavy atom. The molecule has 0 aliphatic heterocycles. The number of nitrogens with one attached hydrogen (secondary N) is 1. The van der Waals surface area contributed by atoms with Crippen LogP contribution in [-0.4, -0.2) is 25.3 Å². The number of amides is 1. The summed E-state index contributed by atoms with van der Waals surface area (Å²) in [5, 5.41) is 2.79. The van der Waals surface area contributed by atoms with Crippen LogP contribution in [0, 0.1) is 0 Å². The maximum Gasteiger partial charge on any atom is 0.227 e. The zero-order valence-corrected chi connectivity index (χ0v) is 11.9. The number of benzene rings is 1. The van der Waals surface area contributed by atoms with Crippen molar-refractivity contribution in [1.82, 2.24) is 5.32 Å². The van der Waals surface area contributed by atoms with Gasteiger partial charge in [0.1, 0.15) is 11.5 Å². The fourth-order valence-electron chi connectivity index (χ4n) is 1.91. The van der Waals surface area contributed by atoms with Gasteiger partial charge in [-0.05, 0) is 13.0 Å². The molecule has 19 heavy (non-hydrogen) atoms. The average molecular weight is 263 g/mol. The van der Waals surface area contributed by atoms with Crippen LogP contribution >= 0.6 is 0 Å². The van der Waals surface area contributed by atoms with Crippen molar-refractivity contribution in [1.29, 1.82) is 0 Å². The predicted octanol–water partition coefficient (Wildman–Crippen LogP) is 2.07. The third-order valence-corrected chi connectivity index (χ3v) is 2.97. The van der Waals surface area contributed by atoms with Gasteiger partial charge in [-0.1, -0.05) is 32.0 Å². The number of ketones is 1. The van der Waals surface area contributed by atoms with Gasteiger partial charge in [0.2, 0.25) is 5.91 Å². The molecule has 0 bridgehead atoms. The van der Waals surface area contributed by atoms with E-state index in [0.717, 1.165) is 11.3 Å². The van der Waals surface area contributed by atoms with E-state index < -0.39 is 0 Å². The highest BCUT2D eigenvalue weighted by Crippen LogP contribution is 2.30. The summed E-state index contributed by atoms with van der Waals surface area (Å²) in [5.41, 5.74) is 0.764. The molecule has 0 aliphatic carbocycles. The van der Waals surface area contributed by atoms with E-state index in [0.29, 0.717) is 6.54 Å². The third-order valence-electron chi connectivity index (χ3n) is 2.97. The minimum Gasteiger partial charge on any atom is -0.496 e. The minimum atomic E-state index is -0.265. The highest BCUT2D eigenvalue weighted by atomic mass is 16.5. The first-order valence-corrected chi connectivity index (χ1v) is 6.26. The zero-order valence-electron chi connectivity index (χ0n) is 11.9. The molecule has 0 unspecified atom stereocenters. The molecule has 4 heteroatoms. The Balaban J connectivity index is 2.75. The molecule has 4 nitrogen and oxygen atoms in total. The van der Waals surface area contributed by atoms with Crippen LogP contribution in [0.25, 0.3) is 0 Å². The number of methoxy groups -OCH3 is 1. The zero-order chi connectivity index (χ0) is 14.5. The molecule has 0 fully saturated rings. The Hall–Kier alpha value is -1.84. The van der Waals surface area contributed by atoms with Crippen molar-refractivity contribution in [2.24, 2.45) is 0 Å². The monoisotopic (exact) mass is 263 g/mol. The van der Waals surface area contributed by atoms with Crippen LogP contribution in [0.15, 0.2) is 24.3 Å². The van der Waals surface area contributed by atoms with Crippen molar-refractivity contribution in [3.05, 3.63) is 29.8 Å². The smallest absolute Gasteiger partial charge is 0.227 e. The molecular weight excluding hydrogens is 242 g/mol. The lowest BCUT2D eigenvalue weighted by molar-refractivity contribution is -0.127. The summed E-state index contributed by atoms with van der Waals surface area (Å²) in [6, 6.07) is 7.73. The third kappa shape index (κ3) is 4.39. The predicted molar refractivity (Wildman–Crippen MR) is 74.3 cm³/mol. The Morgan fingerprint density at radius 2 is 1.89 bits per heavy atom. The fourth-order valence-corrected chi connectivity index (χ4v) is 1.91. The second-order valence-electron chi connectivity index (χ2n) is 5.24. The highest BCUT2D eigenvalue weighted by Gasteiger charge is 2.24. The van der Waals surface area contributed by atoms with Crippen LogP contribution in [0.1, 0.15) is 32.8 Å². The molecule has 1 aromatic rings. The number of carbonyl (C=O) groups excluding carboxylic acids is 2. The van der Waals surface area contributed by atoms with Crippen molar-refractivity contribution in [3.63, 3.8) is 0 Å². The van der Waals surface area contributed by atoms with Crippen LogP contribution in [-0.2, 0) is 15.0 Å². The van der Waals surface area contributed by atoms with Gasteiger partial charge in [0.05, 0.1) is 13.5 Å². The summed E-state index contributed by atoms with van der Waals surface area (Å²) in [7, 11) is 1.63. The Labute approximate surface area is 114 Å². The van der Waals surface area contributed by atoms with Gasteiger partial charge in [-0.2, -0.15) is 0 Å². The molecule has 1 rings (SSSR count). The molecule has 1 amide bonds. The van der Waals surface area contributed by atoms with Crippen molar-refractivity contribution in [2.75, 3.05) is 13.7 Å². The quantitative estimate of drug-likeness (QED) is 0.799. The number of hydrogen-bond acceptors (Lipinski definition) is 3. The molecule has 0 radical (unpaired) electrons. The van der Waals surface area contributed by atoms with Crippen LogP contribution < -0.4 is 10.1 Å². The standard InChI is InChI=1S/C15H21NO3/c1-11(17)9-14(18)16-10-15(2,3)12-7-5-6-8-13(12)19-4/h5-8H,9-10H2,1-4H3,(H,16,18). The van der Waals surface area contributed by atoms with E-state index >= 15 is 0 Å². The number of para-hydroxylation sites is 1. The molecule has 104 valence electrons. The SMILES string of the molecule is COc1ccccc1C(C)(C)CNC(=O)CC(C)=O. The van der Waals surface area contributed by atoms with Gasteiger partial charge in [0, 0.05) is 17.5 Å². The van der Waals surface area contributed by atoms with Crippen molar-refractivity contribution >= 4 is 11.7 Å². The van der Waals surface area contributed by atoms with Gasteiger partial charge >= 0.3 is 0 Å². The molecule has 0 spiro atoms. The van der Waals surface area contributed by atoms with E-state index in [1.54, 1.807) is 7.11 Å². The van der Waals surface area contributed by atoms with E-state index in [2.05, 4.69) is 5.32 Å². The number of rotatable bonds is 6. The maximum absolute atomic E-state index is 11.5. The van der Waals surface area contributed by atoms with Crippen molar-refractivity contribution in [3.8, 4) is 5.75 Å². The molecule has 0 aliphatic rings. The van der Waals surface area contributed by atoms with E-state index in [9.17, 15) is 9.59 Å². The fraction of sp³-hybridized carbons (Fsp3) is 0.467. The van der Waals surface area contributed by atoms with Gasteiger partial charge in [0.15, 0.2) is 0 Å². The second-order valence-corrected chi connectivity index (χ2v) is 5.24. The molecule has 0 atom stereocenters. The van der Waals surface area contributed by atoms with E-state index in [-0.39, 0.29) is 23.5 Å². The second kappa shape index (κ2) is 6.36. The van der Waals surface area contributed by atoms with E-state index in [4.69, 9.17) is 4.74 Å². The topological polar surface area (TPSA) is 55.4 Å². The summed E-state index contributed by atoms with van der Waals surface area (Å²) in [4.78, 5) is 22.4. The van der Waals surface area contributed by atoms with Crippen LogP contribution in [0.5, 0.6) is 5.75 Å². The molecule has 0 aromatic heterocycles. The lowest BCUT2D eigenvalue weighted by atomic mass is 9.84. The summed E-state index contributed by atoms with van der Waals surface area (Å²) < 4.78 is 5.34. The first kappa shape index (κ1) is 15.2. The largest absolute Gasteiger partial charge is 0.496 e.